The maximum Gasteiger partial charge on any atom is 0.175 e. The zero-order valence-electron chi connectivity index (χ0n) is 16.3. The molecule has 0 saturated carbocycles. The Bertz CT molecular complexity index is 977. The van der Waals surface area contributed by atoms with Crippen molar-refractivity contribution in [2.75, 3.05) is 12.4 Å². The largest absolute Gasteiger partial charge is 0.493 e. The quantitative estimate of drug-likeness (QED) is 0.351. The summed E-state index contributed by atoms with van der Waals surface area (Å²) in [5.74, 6) is 1.29. The van der Waals surface area contributed by atoms with E-state index in [4.69, 9.17) is 32.7 Å². The summed E-state index contributed by atoms with van der Waals surface area (Å²) in [6.45, 7) is 3.13. The second-order valence-electron chi connectivity index (χ2n) is 6.54. The number of methoxy groups -OCH3 is 1. The summed E-state index contributed by atoms with van der Waals surface area (Å²) in [7, 11) is 1.63. The van der Waals surface area contributed by atoms with Gasteiger partial charge in [0.2, 0.25) is 0 Å². The Morgan fingerprint density at radius 3 is 2.38 bits per heavy atom. The Balaban J connectivity index is 1.70. The Morgan fingerprint density at radius 1 is 0.966 bits per heavy atom. The molecule has 152 valence electrons. The molecule has 0 radical (unpaired) electrons. The third-order valence-corrected chi connectivity index (χ3v) is 5.71. The van der Waals surface area contributed by atoms with Crippen LogP contribution in [0.25, 0.3) is 0 Å². The molecule has 0 spiro atoms. The molecule has 0 aromatic heterocycles. The molecule has 0 bridgehead atoms. The van der Waals surface area contributed by atoms with Gasteiger partial charge in [-0.2, -0.15) is 0 Å². The van der Waals surface area contributed by atoms with Gasteiger partial charge in [-0.25, -0.2) is 0 Å². The zero-order chi connectivity index (χ0) is 20.8. The van der Waals surface area contributed by atoms with Crippen LogP contribution in [0.1, 0.15) is 23.6 Å². The van der Waals surface area contributed by atoms with Gasteiger partial charge in [0.25, 0.3) is 0 Å². The van der Waals surface area contributed by atoms with Crippen LogP contribution in [0, 0.1) is 0 Å². The molecule has 0 aliphatic rings. The second-order valence-corrected chi connectivity index (χ2v) is 8.24. The van der Waals surface area contributed by atoms with E-state index in [9.17, 15) is 0 Å². The number of rotatable bonds is 8. The van der Waals surface area contributed by atoms with Crippen molar-refractivity contribution in [2.24, 2.45) is 0 Å². The number of ether oxygens (including phenoxy) is 2. The van der Waals surface area contributed by atoms with Gasteiger partial charge in [0.15, 0.2) is 11.5 Å². The summed E-state index contributed by atoms with van der Waals surface area (Å²) < 4.78 is 12.4. The molecule has 1 N–H and O–H groups in total. The van der Waals surface area contributed by atoms with Crippen LogP contribution in [0.2, 0.25) is 10.0 Å². The number of aryl methyl sites for hydroxylation is 1. The molecule has 3 aromatic carbocycles. The molecule has 3 nitrogen and oxygen atoms in total. The van der Waals surface area contributed by atoms with E-state index in [2.05, 4.69) is 52.4 Å². The fourth-order valence-electron chi connectivity index (χ4n) is 2.87. The van der Waals surface area contributed by atoms with E-state index in [0.717, 1.165) is 27.7 Å². The summed E-state index contributed by atoms with van der Waals surface area (Å²) >= 11 is 15.8. The maximum atomic E-state index is 6.24. The lowest BCUT2D eigenvalue weighted by atomic mass is 10.1. The lowest BCUT2D eigenvalue weighted by Crippen LogP contribution is -2.03. The number of hydrogen-bond acceptors (Lipinski definition) is 3. The summed E-state index contributed by atoms with van der Waals surface area (Å²) in [6.07, 6.45) is 1.03. The molecule has 6 heteroatoms. The minimum absolute atomic E-state index is 0.312. The van der Waals surface area contributed by atoms with Crippen molar-refractivity contribution in [2.45, 2.75) is 26.5 Å². The maximum absolute atomic E-state index is 6.24. The first kappa shape index (κ1) is 21.8. The Morgan fingerprint density at radius 2 is 1.72 bits per heavy atom. The van der Waals surface area contributed by atoms with Gasteiger partial charge < -0.3 is 14.8 Å². The highest BCUT2D eigenvalue weighted by Crippen LogP contribution is 2.38. The fourth-order valence-corrected chi connectivity index (χ4v) is 3.93. The average Bonchev–Trinajstić information content (AvgIpc) is 2.72. The van der Waals surface area contributed by atoms with Crippen molar-refractivity contribution in [3.63, 3.8) is 0 Å². The van der Waals surface area contributed by atoms with Gasteiger partial charge in [-0.3, -0.25) is 0 Å². The van der Waals surface area contributed by atoms with Gasteiger partial charge in [0, 0.05) is 27.8 Å². The van der Waals surface area contributed by atoms with Crippen molar-refractivity contribution in [1.82, 2.24) is 0 Å². The van der Waals surface area contributed by atoms with Gasteiger partial charge in [-0.1, -0.05) is 48.3 Å². The monoisotopic (exact) mass is 493 g/mol. The number of nitrogens with one attached hydrogen (secondary N) is 1. The van der Waals surface area contributed by atoms with Crippen LogP contribution in [0.4, 0.5) is 5.69 Å². The summed E-state index contributed by atoms with van der Waals surface area (Å²) in [5.41, 5.74) is 4.33. The first-order valence-corrected chi connectivity index (χ1v) is 10.8. The molecule has 3 aromatic rings. The minimum Gasteiger partial charge on any atom is -0.493 e. The molecule has 0 unspecified atom stereocenters. The molecule has 0 heterocycles. The van der Waals surface area contributed by atoms with Crippen LogP contribution in [0.15, 0.2) is 59.1 Å². The predicted octanol–water partition coefficient (Wildman–Crippen LogP) is 7.52. The highest BCUT2D eigenvalue weighted by molar-refractivity contribution is 9.10. The number of halogens is 3. The average molecular weight is 495 g/mol. The molecule has 0 atom stereocenters. The lowest BCUT2D eigenvalue weighted by molar-refractivity contribution is 0.282. The molecule has 0 amide bonds. The Kier molecular flexibility index (Phi) is 7.70. The second kappa shape index (κ2) is 10.2. The van der Waals surface area contributed by atoms with Gasteiger partial charge in [0.05, 0.1) is 11.6 Å². The van der Waals surface area contributed by atoms with Crippen molar-refractivity contribution < 1.29 is 9.47 Å². The standard InChI is InChI=1S/C23H22BrCl2NO2/c1-3-15-4-8-19(9-5-15)27-13-16-10-20(24)23(22(11-16)28-2)29-14-17-6-7-18(25)12-21(17)26/h4-12,27H,3,13-14H2,1-2H3. The number of anilines is 1. The van der Waals surface area contributed by atoms with Gasteiger partial charge in [0.1, 0.15) is 6.61 Å². The van der Waals surface area contributed by atoms with E-state index < -0.39 is 0 Å². The summed E-state index contributed by atoms with van der Waals surface area (Å²) in [4.78, 5) is 0. The fraction of sp³-hybridized carbons (Fsp3) is 0.217. The molecular formula is C23H22BrCl2NO2. The number of benzene rings is 3. The van der Waals surface area contributed by atoms with Gasteiger partial charge >= 0.3 is 0 Å². The van der Waals surface area contributed by atoms with Crippen LogP contribution in [-0.2, 0) is 19.6 Å². The highest BCUT2D eigenvalue weighted by Gasteiger charge is 2.13. The first-order valence-electron chi connectivity index (χ1n) is 9.26. The van der Waals surface area contributed by atoms with Gasteiger partial charge in [-0.05, 0) is 69.9 Å². The van der Waals surface area contributed by atoms with Crippen molar-refractivity contribution in [3.8, 4) is 11.5 Å². The first-order chi connectivity index (χ1) is 14.0. The van der Waals surface area contributed by atoms with Crippen LogP contribution in [-0.4, -0.2) is 7.11 Å². The summed E-state index contributed by atoms with van der Waals surface area (Å²) in [5, 5.41) is 4.60. The SMILES string of the molecule is CCc1ccc(NCc2cc(Br)c(OCc3ccc(Cl)cc3Cl)c(OC)c2)cc1. The normalized spacial score (nSPS) is 10.7. The van der Waals surface area contributed by atoms with E-state index in [-0.39, 0.29) is 0 Å². The molecule has 0 aliphatic heterocycles. The van der Waals surface area contributed by atoms with Gasteiger partial charge in [-0.15, -0.1) is 0 Å². The smallest absolute Gasteiger partial charge is 0.175 e. The van der Waals surface area contributed by atoms with Crippen molar-refractivity contribution in [3.05, 3.63) is 85.8 Å². The van der Waals surface area contributed by atoms with Crippen LogP contribution >= 0.6 is 39.1 Å². The summed E-state index contributed by atoms with van der Waals surface area (Å²) in [6, 6.07) is 17.8. The van der Waals surface area contributed by atoms with E-state index in [0.29, 0.717) is 34.7 Å². The molecule has 3 rings (SSSR count). The molecule has 29 heavy (non-hydrogen) atoms. The number of hydrogen-bond donors (Lipinski definition) is 1. The van der Waals surface area contributed by atoms with Crippen LogP contribution in [0.3, 0.4) is 0 Å². The third kappa shape index (κ3) is 5.81. The third-order valence-electron chi connectivity index (χ3n) is 4.54. The lowest BCUT2D eigenvalue weighted by Gasteiger charge is -2.16. The topological polar surface area (TPSA) is 30.5 Å². The van der Waals surface area contributed by atoms with E-state index in [1.807, 2.05) is 18.2 Å². The Hall–Kier alpha value is -1.88. The van der Waals surface area contributed by atoms with E-state index in [1.165, 1.54) is 5.56 Å². The van der Waals surface area contributed by atoms with E-state index >= 15 is 0 Å². The highest BCUT2D eigenvalue weighted by atomic mass is 79.9. The molecule has 0 aliphatic carbocycles. The molecule has 0 saturated heterocycles. The zero-order valence-corrected chi connectivity index (χ0v) is 19.4. The van der Waals surface area contributed by atoms with E-state index in [1.54, 1.807) is 19.2 Å². The molecular weight excluding hydrogens is 473 g/mol. The Labute approximate surface area is 190 Å². The minimum atomic E-state index is 0.312. The van der Waals surface area contributed by atoms with Crippen molar-refractivity contribution in [1.29, 1.82) is 0 Å². The van der Waals surface area contributed by atoms with Crippen LogP contribution in [0.5, 0.6) is 11.5 Å². The van der Waals surface area contributed by atoms with Crippen LogP contribution < -0.4 is 14.8 Å². The predicted molar refractivity (Wildman–Crippen MR) is 125 cm³/mol. The van der Waals surface area contributed by atoms with Crippen molar-refractivity contribution >= 4 is 44.8 Å². The molecule has 0 fully saturated rings.